The molecule has 0 fully saturated rings. The van der Waals surface area contributed by atoms with Crippen LogP contribution in [0.5, 0.6) is 0 Å². The van der Waals surface area contributed by atoms with Crippen LogP contribution in [0.4, 0.5) is 11.4 Å². The van der Waals surface area contributed by atoms with Gasteiger partial charge < -0.3 is 4.90 Å². The first-order valence-electron chi connectivity index (χ1n) is 10.3. The summed E-state index contributed by atoms with van der Waals surface area (Å²) in [6, 6.07) is 16.3. The number of anilines is 2. The zero-order valence-electron chi connectivity index (χ0n) is 19.2. The summed E-state index contributed by atoms with van der Waals surface area (Å²) < 4.78 is 28.7. The number of amides is 1. The third-order valence-electron chi connectivity index (χ3n) is 4.89. The molecule has 184 valence electrons. The van der Waals surface area contributed by atoms with Gasteiger partial charge in [-0.25, -0.2) is 13.8 Å². The first-order valence-corrected chi connectivity index (χ1v) is 13.3. The minimum Gasteiger partial charge on any atom is -0.377 e. The van der Waals surface area contributed by atoms with Gasteiger partial charge in [0.1, 0.15) is 6.54 Å². The van der Waals surface area contributed by atoms with Gasteiger partial charge in [-0.3, -0.25) is 9.10 Å². The number of hydrogen-bond acceptors (Lipinski definition) is 5. The third kappa shape index (κ3) is 6.98. The molecule has 0 saturated heterocycles. The molecule has 0 unspecified atom stereocenters. The van der Waals surface area contributed by atoms with Gasteiger partial charge in [0.2, 0.25) is 0 Å². The number of hydrogen-bond donors (Lipinski definition) is 1. The van der Waals surface area contributed by atoms with E-state index in [0.717, 1.165) is 25.6 Å². The Hall–Kier alpha value is -2.59. The molecular formula is C24H23BrCl2N4O3S. The van der Waals surface area contributed by atoms with E-state index in [9.17, 15) is 13.2 Å². The van der Waals surface area contributed by atoms with Gasteiger partial charge in [-0.2, -0.15) is 5.10 Å². The summed E-state index contributed by atoms with van der Waals surface area (Å²) in [6.07, 6.45) is 1.47. The molecule has 1 N–H and O–H groups in total. The SMILES string of the molecule is Cc1ccc(S(=O)(=O)N(CC(=O)N/N=C\c2ccc(N(C)C)c(Br)c2)c2cc(Cl)cc(Cl)c2)cc1. The summed E-state index contributed by atoms with van der Waals surface area (Å²) in [5.41, 5.74) is 5.18. The normalized spacial score (nSPS) is 11.5. The molecule has 0 aliphatic heterocycles. The molecule has 3 aromatic rings. The zero-order chi connectivity index (χ0) is 25.8. The van der Waals surface area contributed by atoms with Crippen LogP contribution in [0.25, 0.3) is 0 Å². The predicted octanol–water partition coefficient (Wildman–Crippen LogP) is 5.48. The first-order chi connectivity index (χ1) is 16.5. The molecule has 1 amide bonds. The Morgan fingerprint density at radius 3 is 2.23 bits per heavy atom. The number of nitrogens with one attached hydrogen (secondary N) is 1. The molecule has 0 aromatic heterocycles. The molecule has 3 aromatic carbocycles. The molecule has 0 aliphatic carbocycles. The van der Waals surface area contributed by atoms with Gasteiger partial charge in [-0.1, -0.05) is 47.0 Å². The van der Waals surface area contributed by atoms with E-state index in [2.05, 4.69) is 26.5 Å². The van der Waals surface area contributed by atoms with Crippen molar-refractivity contribution in [2.45, 2.75) is 11.8 Å². The maximum Gasteiger partial charge on any atom is 0.264 e. The van der Waals surface area contributed by atoms with Crippen molar-refractivity contribution in [2.75, 3.05) is 29.8 Å². The summed E-state index contributed by atoms with van der Waals surface area (Å²) in [7, 11) is -0.246. The monoisotopic (exact) mass is 596 g/mol. The molecule has 0 heterocycles. The maximum absolute atomic E-state index is 13.4. The molecule has 0 bridgehead atoms. The number of aryl methyl sites for hydroxylation is 1. The van der Waals surface area contributed by atoms with Crippen molar-refractivity contribution in [3.05, 3.63) is 86.3 Å². The van der Waals surface area contributed by atoms with Crippen LogP contribution in [0.1, 0.15) is 11.1 Å². The number of hydrazone groups is 1. The highest BCUT2D eigenvalue weighted by Crippen LogP contribution is 2.30. The van der Waals surface area contributed by atoms with E-state index in [1.165, 1.54) is 36.5 Å². The standard InChI is InChI=1S/C24H23BrCl2N4O3S/c1-16-4-7-21(8-5-16)35(33,34)31(20-12-18(26)11-19(27)13-20)15-24(32)29-28-14-17-6-9-23(30(2)3)22(25)10-17/h4-14H,15H2,1-3H3,(H,29,32)/b28-14-. The van der Waals surface area contributed by atoms with Crippen LogP contribution < -0.4 is 14.6 Å². The highest BCUT2D eigenvalue weighted by atomic mass is 79.9. The average Bonchev–Trinajstić information content (AvgIpc) is 2.77. The number of nitrogens with zero attached hydrogens (tertiary/aromatic N) is 3. The Bertz CT molecular complexity index is 1340. The lowest BCUT2D eigenvalue weighted by molar-refractivity contribution is -0.119. The van der Waals surface area contributed by atoms with E-state index >= 15 is 0 Å². The maximum atomic E-state index is 13.4. The molecular weight excluding hydrogens is 575 g/mol. The van der Waals surface area contributed by atoms with Gasteiger partial charge in [0.15, 0.2) is 0 Å². The molecule has 11 heteroatoms. The van der Waals surface area contributed by atoms with E-state index in [-0.39, 0.29) is 20.6 Å². The lowest BCUT2D eigenvalue weighted by atomic mass is 10.2. The van der Waals surface area contributed by atoms with Crippen molar-refractivity contribution >= 4 is 72.7 Å². The van der Waals surface area contributed by atoms with E-state index < -0.39 is 22.5 Å². The largest absolute Gasteiger partial charge is 0.377 e. The van der Waals surface area contributed by atoms with Crippen LogP contribution in [0, 0.1) is 6.92 Å². The van der Waals surface area contributed by atoms with Crippen molar-refractivity contribution in [1.29, 1.82) is 0 Å². The van der Waals surface area contributed by atoms with Gasteiger partial charge in [0, 0.05) is 28.6 Å². The average molecular weight is 598 g/mol. The molecule has 0 atom stereocenters. The highest BCUT2D eigenvalue weighted by molar-refractivity contribution is 9.10. The Balaban J connectivity index is 1.85. The fraction of sp³-hybridized carbons (Fsp3) is 0.167. The third-order valence-corrected chi connectivity index (χ3v) is 7.75. The van der Waals surface area contributed by atoms with Crippen LogP contribution >= 0.6 is 39.1 Å². The first kappa shape index (κ1) is 27.0. The minimum atomic E-state index is -4.10. The van der Waals surface area contributed by atoms with Crippen molar-refractivity contribution in [1.82, 2.24) is 5.43 Å². The van der Waals surface area contributed by atoms with E-state index in [1.54, 1.807) is 12.1 Å². The molecule has 35 heavy (non-hydrogen) atoms. The summed E-state index contributed by atoms with van der Waals surface area (Å²) in [5.74, 6) is -0.642. The molecule has 3 rings (SSSR count). The Morgan fingerprint density at radius 1 is 1.03 bits per heavy atom. The summed E-state index contributed by atoms with van der Waals surface area (Å²) >= 11 is 15.7. The van der Waals surface area contributed by atoms with Crippen LogP contribution in [-0.2, 0) is 14.8 Å². The summed E-state index contributed by atoms with van der Waals surface area (Å²) in [5, 5.41) is 4.45. The number of carbonyl (C=O) groups excluding carboxylic acids is 1. The molecule has 0 aliphatic rings. The molecule has 7 nitrogen and oxygen atoms in total. The van der Waals surface area contributed by atoms with Crippen molar-refractivity contribution in [2.24, 2.45) is 5.10 Å². The zero-order valence-corrected chi connectivity index (χ0v) is 23.1. The van der Waals surface area contributed by atoms with E-state index in [0.29, 0.717) is 0 Å². The number of benzene rings is 3. The fourth-order valence-electron chi connectivity index (χ4n) is 3.15. The quantitative estimate of drug-likeness (QED) is 0.275. The molecule has 0 saturated carbocycles. The van der Waals surface area contributed by atoms with Crippen molar-refractivity contribution in [3.8, 4) is 0 Å². The van der Waals surface area contributed by atoms with Gasteiger partial charge in [-0.15, -0.1) is 0 Å². The van der Waals surface area contributed by atoms with Crippen LogP contribution in [-0.4, -0.2) is 41.2 Å². The lowest BCUT2D eigenvalue weighted by Gasteiger charge is -2.24. The smallest absolute Gasteiger partial charge is 0.264 e. The lowest BCUT2D eigenvalue weighted by Crippen LogP contribution is -2.39. The number of halogens is 3. The van der Waals surface area contributed by atoms with Gasteiger partial charge in [0.05, 0.1) is 22.5 Å². The molecule has 0 spiro atoms. The van der Waals surface area contributed by atoms with Gasteiger partial charge >= 0.3 is 0 Å². The minimum absolute atomic E-state index is 0.0290. The highest BCUT2D eigenvalue weighted by Gasteiger charge is 2.27. The Labute approximate surface area is 223 Å². The van der Waals surface area contributed by atoms with E-state index in [4.69, 9.17) is 23.2 Å². The Morgan fingerprint density at radius 2 is 1.66 bits per heavy atom. The fourth-order valence-corrected chi connectivity index (χ4v) is 5.82. The topological polar surface area (TPSA) is 82.1 Å². The van der Waals surface area contributed by atoms with Crippen LogP contribution in [0.2, 0.25) is 10.0 Å². The second kappa shape index (κ2) is 11.4. The predicted molar refractivity (Wildman–Crippen MR) is 146 cm³/mol. The van der Waals surface area contributed by atoms with Crippen LogP contribution in [0.15, 0.2) is 75.1 Å². The number of carbonyl (C=O) groups is 1. The second-order valence-corrected chi connectivity index (χ2v) is 11.4. The summed E-state index contributed by atoms with van der Waals surface area (Å²) in [4.78, 5) is 14.7. The second-order valence-electron chi connectivity index (χ2n) is 7.85. The van der Waals surface area contributed by atoms with Crippen molar-refractivity contribution < 1.29 is 13.2 Å². The Kier molecular flexibility index (Phi) is 8.82. The number of sulfonamides is 1. The van der Waals surface area contributed by atoms with Gasteiger partial charge in [0.25, 0.3) is 15.9 Å². The summed E-state index contributed by atoms with van der Waals surface area (Å²) in [6.45, 7) is 1.32. The van der Waals surface area contributed by atoms with Gasteiger partial charge in [-0.05, 0) is 70.9 Å². The van der Waals surface area contributed by atoms with Crippen molar-refractivity contribution in [3.63, 3.8) is 0 Å². The van der Waals surface area contributed by atoms with E-state index in [1.807, 2.05) is 44.1 Å². The molecule has 0 radical (unpaired) electrons. The number of rotatable bonds is 8. The van der Waals surface area contributed by atoms with Crippen LogP contribution in [0.3, 0.4) is 0 Å².